The summed E-state index contributed by atoms with van der Waals surface area (Å²) >= 11 is 1.63. The van der Waals surface area contributed by atoms with Gasteiger partial charge in [-0.1, -0.05) is 0 Å². The SMILES string of the molecule is CNC1COCC1C(=O)Nc1ccc2nc(C)sc2c1. The zero-order chi connectivity index (χ0) is 14.1. The predicted octanol–water partition coefficient (Wildman–Crippen LogP) is 1.78. The van der Waals surface area contributed by atoms with Crippen molar-refractivity contribution in [1.82, 2.24) is 10.3 Å². The fourth-order valence-electron chi connectivity index (χ4n) is 2.45. The van der Waals surface area contributed by atoms with Crippen molar-refractivity contribution in [3.05, 3.63) is 23.2 Å². The molecule has 1 aliphatic rings. The normalized spacial score (nSPS) is 22.3. The topological polar surface area (TPSA) is 63.2 Å². The molecule has 1 amide bonds. The number of nitrogens with zero attached hydrogens (tertiary/aromatic N) is 1. The highest BCUT2D eigenvalue weighted by atomic mass is 32.1. The lowest BCUT2D eigenvalue weighted by Crippen LogP contribution is -2.39. The number of anilines is 1. The molecule has 1 aromatic heterocycles. The summed E-state index contributed by atoms with van der Waals surface area (Å²) in [6.45, 7) is 3.04. The van der Waals surface area contributed by atoms with Crippen LogP contribution in [0.5, 0.6) is 0 Å². The molecule has 106 valence electrons. The summed E-state index contributed by atoms with van der Waals surface area (Å²) in [4.78, 5) is 16.7. The van der Waals surface area contributed by atoms with Crippen LogP contribution in [-0.2, 0) is 9.53 Å². The van der Waals surface area contributed by atoms with Gasteiger partial charge in [0.25, 0.3) is 0 Å². The fourth-order valence-corrected chi connectivity index (χ4v) is 3.32. The van der Waals surface area contributed by atoms with Crippen LogP contribution in [0, 0.1) is 12.8 Å². The monoisotopic (exact) mass is 291 g/mol. The van der Waals surface area contributed by atoms with Gasteiger partial charge < -0.3 is 15.4 Å². The van der Waals surface area contributed by atoms with Gasteiger partial charge in [-0.25, -0.2) is 4.98 Å². The number of carbonyl (C=O) groups excluding carboxylic acids is 1. The van der Waals surface area contributed by atoms with Crippen LogP contribution in [0.25, 0.3) is 10.2 Å². The van der Waals surface area contributed by atoms with E-state index in [-0.39, 0.29) is 17.9 Å². The number of likely N-dealkylation sites (N-methyl/N-ethyl adjacent to an activating group) is 1. The largest absolute Gasteiger partial charge is 0.379 e. The summed E-state index contributed by atoms with van der Waals surface area (Å²) in [6.07, 6.45) is 0. The molecule has 1 aromatic carbocycles. The number of rotatable bonds is 3. The molecule has 1 fully saturated rings. The van der Waals surface area contributed by atoms with E-state index in [2.05, 4.69) is 15.6 Å². The Kier molecular flexibility index (Phi) is 3.69. The van der Waals surface area contributed by atoms with Crippen molar-refractivity contribution in [2.24, 2.45) is 5.92 Å². The van der Waals surface area contributed by atoms with E-state index in [0.29, 0.717) is 13.2 Å². The molecule has 0 radical (unpaired) electrons. The van der Waals surface area contributed by atoms with Gasteiger partial charge in [0, 0.05) is 11.7 Å². The van der Waals surface area contributed by atoms with Crippen LogP contribution < -0.4 is 10.6 Å². The Balaban J connectivity index is 1.76. The predicted molar refractivity (Wildman–Crippen MR) is 80.1 cm³/mol. The minimum Gasteiger partial charge on any atom is -0.379 e. The first kappa shape index (κ1) is 13.5. The molecule has 0 spiro atoms. The van der Waals surface area contributed by atoms with Crippen LogP contribution in [0.4, 0.5) is 5.69 Å². The van der Waals surface area contributed by atoms with Gasteiger partial charge >= 0.3 is 0 Å². The van der Waals surface area contributed by atoms with Crippen LogP contribution in [-0.4, -0.2) is 37.2 Å². The van der Waals surface area contributed by atoms with Crippen molar-refractivity contribution in [2.45, 2.75) is 13.0 Å². The van der Waals surface area contributed by atoms with E-state index < -0.39 is 0 Å². The molecule has 2 unspecified atom stereocenters. The minimum absolute atomic E-state index is 0.00226. The van der Waals surface area contributed by atoms with E-state index in [1.54, 1.807) is 11.3 Å². The quantitative estimate of drug-likeness (QED) is 0.905. The molecule has 1 saturated heterocycles. The maximum Gasteiger partial charge on any atom is 0.231 e. The highest BCUT2D eigenvalue weighted by Crippen LogP contribution is 2.25. The molecule has 20 heavy (non-hydrogen) atoms. The first-order valence-corrected chi connectivity index (χ1v) is 7.42. The number of benzene rings is 1. The molecule has 2 heterocycles. The summed E-state index contributed by atoms with van der Waals surface area (Å²) in [5, 5.41) is 7.12. The van der Waals surface area contributed by atoms with E-state index in [9.17, 15) is 4.79 Å². The maximum atomic E-state index is 12.3. The van der Waals surface area contributed by atoms with E-state index in [4.69, 9.17) is 4.74 Å². The zero-order valence-electron chi connectivity index (χ0n) is 11.5. The first-order valence-electron chi connectivity index (χ1n) is 6.60. The maximum absolute atomic E-state index is 12.3. The van der Waals surface area contributed by atoms with Crippen molar-refractivity contribution >= 4 is 33.1 Å². The lowest BCUT2D eigenvalue weighted by Gasteiger charge is -2.16. The van der Waals surface area contributed by atoms with Gasteiger partial charge in [-0.05, 0) is 32.2 Å². The Bertz CT molecular complexity index is 640. The van der Waals surface area contributed by atoms with Gasteiger partial charge in [0.2, 0.25) is 5.91 Å². The number of hydrogen-bond donors (Lipinski definition) is 2. The molecule has 5 nitrogen and oxygen atoms in total. The van der Waals surface area contributed by atoms with Gasteiger partial charge in [0.15, 0.2) is 0 Å². The highest BCUT2D eigenvalue weighted by molar-refractivity contribution is 7.18. The Morgan fingerprint density at radius 1 is 1.45 bits per heavy atom. The Hall–Kier alpha value is -1.50. The molecule has 2 aromatic rings. The number of carbonyl (C=O) groups is 1. The standard InChI is InChI=1S/C14H17N3O2S/c1-8-16-11-4-3-9(5-13(11)20-8)17-14(18)10-6-19-7-12(10)15-2/h3-5,10,12,15H,6-7H2,1-2H3,(H,17,18). The van der Waals surface area contributed by atoms with E-state index in [0.717, 1.165) is 20.9 Å². The first-order chi connectivity index (χ1) is 9.67. The number of aromatic nitrogens is 1. The smallest absolute Gasteiger partial charge is 0.231 e. The van der Waals surface area contributed by atoms with Crippen LogP contribution in [0.15, 0.2) is 18.2 Å². The van der Waals surface area contributed by atoms with Gasteiger partial charge in [-0.2, -0.15) is 0 Å². The number of thiazole rings is 1. The second-order valence-electron chi connectivity index (χ2n) is 4.94. The minimum atomic E-state index is -0.140. The molecule has 6 heteroatoms. The molecular weight excluding hydrogens is 274 g/mol. The second-order valence-corrected chi connectivity index (χ2v) is 6.18. The molecule has 0 aliphatic carbocycles. The van der Waals surface area contributed by atoms with Gasteiger partial charge in [-0.15, -0.1) is 11.3 Å². The Morgan fingerprint density at radius 3 is 3.10 bits per heavy atom. The van der Waals surface area contributed by atoms with Crippen molar-refractivity contribution in [1.29, 1.82) is 0 Å². The Labute approximate surface area is 121 Å². The third-order valence-electron chi connectivity index (χ3n) is 3.55. The van der Waals surface area contributed by atoms with Crippen LogP contribution in [0.3, 0.4) is 0 Å². The van der Waals surface area contributed by atoms with E-state index in [1.807, 2.05) is 32.2 Å². The summed E-state index contributed by atoms with van der Waals surface area (Å²) in [6, 6.07) is 5.89. The molecular formula is C14H17N3O2S. The number of aryl methyl sites for hydroxylation is 1. The third-order valence-corrected chi connectivity index (χ3v) is 4.48. The second kappa shape index (κ2) is 5.47. The molecule has 0 saturated carbocycles. The third kappa shape index (κ3) is 2.54. The average Bonchev–Trinajstić information content (AvgIpc) is 3.02. The van der Waals surface area contributed by atoms with Crippen molar-refractivity contribution < 1.29 is 9.53 Å². The van der Waals surface area contributed by atoms with Gasteiger partial charge in [-0.3, -0.25) is 4.79 Å². The molecule has 1 aliphatic heterocycles. The van der Waals surface area contributed by atoms with Crippen molar-refractivity contribution in [3.8, 4) is 0 Å². The number of fused-ring (bicyclic) bond motifs is 1. The molecule has 2 N–H and O–H groups in total. The molecule has 0 bridgehead atoms. The van der Waals surface area contributed by atoms with E-state index >= 15 is 0 Å². The van der Waals surface area contributed by atoms with Crippen LogP contribution in [0.1, 0.15) is 5.01 Å². The number of ether oxygens (including phenoxy) is 1. The van der Waals surface area contributed by atoms with Crippen molar-refractivity contribution in [2.75, 3.05) is 25.6 Å². The summed E-state index contributed by atoms with van der Waals surface area (Å²) in [5.41, 5.74) is 1.79. The fraction of sp³-hybridized carbons (Fsp3) is 0.429. The number of nitrogens with one attached hydrogen (secondary N) is 2. The van der Waals surface area contributed by atoms with Crippen LogP contribution >= 0.6 is 11.3 Å². The van der Waals surface area contributed by atoms with E-state index in [1.165, 1.54) is 0 Å². The lowest BCUT2D eigenvalue weighted by molar-refractivity contribution is -0.120. The highest BCUT2D eigenvalue weighted by Gasteiger charge is 2.32. The summed E-state index contributed by atoms with van der Waals surface area (Å²) in [7, 11) is 1.85. The van der Waals surface area contributed by atoms with Gasteiger partial charge in [0.1, 0.15) is 0 Å². The van der Waals surface area contributed by atoms with Crippen molar-refractivity contribution in [3.63, 3.8) is 0 Å². The van der Waals surface area contributed by atoms with Gasteiger partial charge in [0.05, 0.1) is 34.4 Å². The summed E-state index contributed by atoms with van der Waals surface area (Å²) < 4.78 is 6.45. The molecule has 2 atom stereocenters. The summed E-state index contributed by atoms with van der Waals surface area (Å²) in [5.74, 6) is -0.138. The number of amides is 1. The van der Waals surface area contributed by atoms with Crippen LogP contribution in [0.2, 0.25) is 0 Å². The Morgan fingerprint density at radius 2 is 2.30 bits per heavy atom. The zero-order valence-corrected chi connectivity index (χ0v) is 12.3. The molecule has 3 rings (SSSR count). The average molecular weight is 291 g/mol. The lowest BCUT2D eigenvalue weighted by atomic mass is 10.0. The number of hydrogen-bond acceptors (Lipinski definition) is 5.